The molecule has 0 spiro atoms. The lowest BCUT2D eigenvalue weighted by atomic mass is 9.97. The van der Waals surface area contributed by atoms with Gasteiger partial charge in [-0.2, -0.15) is 0 Å². The standard InChI is InChI=1S/C22H30NO5P/c1-4-26-22(24)21(23)15-17-12-18(16-29(25,27-5-2)28-6-3)14-20(13-17)19-10-8-7-9-11-19/h7-14,21H,4-6,15-16,23H2,1-3H3. The Morgan fingerprint density at radius 3 is 2.14 bits per heavy atom. The van der Waals surface area contributed by atoms with Gasteiger partial charge in [0.25, 0.3) is 0 Å². The van der Waals surface area contributed by atoms with Crippen molar-refractivity contribution < 1.29 is 23.1 Å². The van der Waals surface area contributed by atoms with E-state index >= 15 is 0 Å². The molecule has 1 atom stereocenters. The molecule has 29 heavy (non-hydrogen) atoms. The molecule has 0 aliphatic carbocycles. The lowest BCUT2D eigenvalue weighted by Gasteiger charge is -2.19. The van der Waals surface area contributed by atoms with Crippen molar-refractivity contribution in [2.45, 2.75) is 39.4 Å². The zero-order chi connectivity index (χ0) is 21.3. The summed E-state index contributed by atoms with van der Waals surface area (Å²) < 4.78 is 28.9. The Morgan fingerprint density at radius 1 is 0.931 bits per heavy atom. The third kappa shape index (κ3) is 7.09. The van der Waals surface area contributed by atoms with Gasteiger partial charge in [0.2, 0.25) is 0 Å². The van der Waals surface area contributed by atoms with Crippen molar-refractivity contribution in [3.8, 4) is 11.1 Å². The second kappa shape index (κ2) is 11.3. The number of hydrogen-bond donors (Lipinski definition) is 1. The number of carbonyl (C=O) groups is 1. The minimum atomic E-state index is -3.26. The minimum Gasteiger partial charge on any atom is -0.465 e. The van der Waals surface area contributed by atoms with Gasteiger partial charge in [-0.25, -0.2) is 0 Å². The quantitative estimate of drug-likeness (QED) is 0.425. The van der Waals surface area contributed by atoms with E-state index in [1.54, 1.807) is 20.8 Å². The third-order valence-electron chi connectivity index (χ3n) is 4.23. The summed E-state index contributed by atoms with van der Waals surface area (Å²) in [5.74, 6) is -0.437. The molecule has 0 saturated carbocycles. The van der Waals surface area contributed by atoms with E-state index in [4.69, 9.17) is 19.5 Å². The lowest BCUT2D eigenvalue weighted by molar-refractivity contribution is -0.144. The van der Waals surface area contributed by atoms with Gasteiger partial charge in [-0.3, -0.25) is 9.36 Å². The highest BCUT2D eigenvalue weighted by Crippen LogP contribution is 2.51. The van der Waals surface area contributed by atoms with Crippen molar-refractivity contribution in [1.82, 2.24) is 0 Å². The van der Waals surface area contributed by atoms with E-state index in [9.17, 15) is 9.36 Å². The molecule has 2 N–H and O–H groups in total. The molecule has 0 heterocycles. The summed E-state index contributed by atoms with van der Waals surface area (Å²) in [6.07, 6.45) is 0.469. The van der Waals surface area contributed by atoms with E-state index in [1.807, 2.05) is 48.5 Å². The van der Waals surface area contributed by atoms with E-state index in [0.29, 0.717) is 19.6 Å². The normalized spacial score (nSPS) is 12.6. The molecule has 158 valence electrons. The predicted molar refractivity (Wildman–Crippen MR) is 115 cm³/mol. The van der Waals surface area contributed by atoms with Crippen LogP contribution >= 0.6 is 7.60 Å². The summed E-state index contributed by atoms with van der Waals surface area (Å²) in [5.41, 5.74) is 9.66. The second-order valence-electron chi connectivity index (χ2n) is 6.57. The van der Waals surface area contributed by atoms with Crippen LogP contribution in [0.25, 0.3) is 11.1 Å². The Bertz CT molecular complexity index is 830. The topological polar surface area (TPSA) is 87.9 Å². The maximum absolute atomic E-state index is 13.0. The fourth-order valence-electron chi connectivity index (χ4n) is 3.10. The molecule has 0 aliphatic heterocycles. The summed E-state index contributed by atoms with van der Waals surface area (Å²) in [6.45, 7) is 6.21. The summed E-state index contributed by atoms with van der Waals surface area (Å²) in [7, 11) is -3.26. The first-order chi connectivity index (χ1) is 13.9. The van der Waals surface area contributed by atoms with Gasteiger partial charge in [0, 0.05) is 0 Å². The van der Waals surface area contributed by atoms with Crippen molar-refractivity contribution in [2.75, 3.05) is 19.8 Å². The second-order valence-corrected chi connectivity index (χ2v) is 8.63. The molecule has 0 aromatic heterocycles. The number of nitrogens with two attached hydrogens (primary N) is 1. The van der Waals surface area contributed by atoms with Crippen molar-refractivity contribution in [3.63, 3.8) is 0 Å². The fraction of sp³-hybridized carbons (Fsp3) is 0.409. The largest absolute Gasteiger partial charge is 0.465 e. The van der Waals surface area contributed by atoms with Gasteiger partial charge in [0.1, 0.15) is 6.04 Å². The van der Waals surface area contributed by atoms with E-state index < -0.39 is 19.6 Å². The molecule has 0 amide bonds. The van der Waals surface area contributed by atoms with E-state index in [2.05, 4.69) is 0 Å². The van der Waals surface area contributed by atoms with Crippen LogP contribution in [0.5, 0.6) is 0 Å². The SMILES string of the molecule is CCOC(=O)C(N)Cc1cc(CP(=O)(OCC)OCC)cc(-c2ccccc2)c1. The third-order valence-corrected chi connectivity index (χ3v) is 6.29. The van der Waals surface area contributed by atoms with E-state index in [0.717, 1.165) is 22.3 Å². The van der Waals surface area contributed by atoms with Crippen LogP contribution in [0.3, 0.4) is 0 Å². The van der Waals surface area contributed by atoms with Crippen molar-refractivity contribution in [2.24, 2.45) is 5.73 Å². The molecule has 0 radical (unpaired) electrons. The maximum Gasteiger partial charge on any atom is 0.335 e. The molecule has 6 nitrogen and oxygen atoms in total. The number of carbonyl (C=O) groups excluding carboxylic acids is 1. The van der Waals surface area contributed by atoms with Crippen LogP contribution in [-0.2, 0) is 35.7 Å². The molecule has 0 saturated heterocycles. The molecule has 0 aliphatic rings. The molecular formula is C22H30NO5P. The van der Waals surface area contributed by atoms with Crippen LogP contribution < -0.4 is 5.73 Å². The van der Waals surface area contributed by atoms with Gasteiger partial charge in [-0.15, -0.1) is 0 Å². The first kappa shape index (κ1) is 23.3. The van der Waals surface area contributed by atoms with E-state index in [1.165, 1.54) is 0 Å². The van der Waals surface area contributed by atoms with Gasteiger partial charge in [0.15, 0.2) is 0 Å². The van der Waals surface area contributed by atoms with Gasteiger partial charge in [-0.05, 0) is 49.4 Å². The molecule has 1 unspecified atom stereocenters. The highest BCUT2D eigenvalue weighted by Gasteiger charge is 2.25. The molecule has 2 aromatic rings. The smallest absolute Gasteiger partial charge is 0.335 e. The molecule has 0 fully saturated rings. The lowest BCUT2D eigenvalue weighted by Crippen LogP contribution is -2.34. The summed E-state index contributed by atoms with van der Waals surface area (Å²) in [5, 5.41) is 0. The molecular weight excluding hydrogens is 389 g/mol. The Kier molecular flexibility index (Phi) is 9.05. The molecule has 2 aromatic carbocycles. The summed E-state index contributed by atoms with van der Waals surface area (Å²) in [4.78, 5) is 12.0. The van der Waals surface area contributed by atoms with Crippen LogP contribution in [0.4, 0.5) is 0 Å². The Labute approximate surface area is 172 Å². The summed E-state index contributed by atoms with van der Waals surface area (Å²) >= 11 is 0. The molecule has 0 bridgehead atoms. The van der Waals surface area contributed by atoms with Crippen LogP contribution in [0.1, 0.15) is 31.9 Å². The van der Waals surface area contributed by atoms with Gasteiger partial charge >= 0.3 is 13.6 Å². The Hall–Kier alpha value is -1.98. The maximum atomic E-state index is 13.0. The van der Waals surface area contributed by atoms with E-state index in [-0.39, 0.29) is 12.8 Å². The molecule has 7 heteroatoms. The first-order valence-electron chi connectivity index (χ1n) is 9.89. The zero-order valence-electron chi connectivity index (χ0n) is 17.3. The number of ether oxygens (including phenoxy) is 1. The summed E-state index contributed by atoms with van der Waals surface area (Å²) in [6, 6.07) is 15.0. The fourth-order valence-corrected chi connectivity index (χ4v) is 4.77. The minimum absolute atomic E-state index is 0.150. The number of esters is 1. The number of rotatable bonds is 11. The highest BCUT2D eigenvalue weighted by molar-refractivity contribution is 7.53. The average Bonchev–Trinajstić information content (AvgIpc) is 2.68. The van der Waals surface area contributed by atoms with Crippen molar-refractivity contribution in [3.05, 3.63) is 59.7 Å². The van der Waals surface area contributed by atoms with Gasteiger partial charge in [0.05, 0.1) is 26.0 Å². The highest BCUT2D eigenvalue weighted by atomic mass is 31.2. The van der Waals surface area contributed by atoms with Crippen molar-refractivity contribution >= 4 is 13.6 Å². The number of hydrogen-bond acceptors (Lipinski definition) is 6. The van der Waals surface area contributed by atoms with Gasteiger partial charge in [-0.1, -0.05) is 48.5 Å². The van der Waals surface area contributed by atoms with Gasteiger partial charge < -0.3 is 19.5 Å². The predicted octanol–water partition coefficient (Wildman–Crippen LogP) is 4.55. The zero-order valence-corrected chi connectivity index (χ0v) is 18.2. The van der Waals surface area contributed by atoms with Crippen molar-refractivity contribution in [1.29, 1.82) is 0 Å². The average molecular weight is 419 g/mol. The Morgan fingerprint density at radius 2 is 1.55 bits per heavy atom. The van der Waals surface area contributed by atoms with Crippen LogP contribution in [0.2, 0.25) is 0 Å². The monoisotopic (exact) mass is 419 g/mol. The Balaban J connectivity index is 2.39. The van der Waals surface area contributed by atoms with Crippen LogP contribution in [0, 0.1) is 0 Å². The molecule has 2 rings (SSSR count). The van der Waals surface area contributed by atoms with Crippen LogP contribution in [-0.4, -0.2) is 31.8 Å². The van der Waals surface area contributed by atoms with Crippen LogP contribution in [0.15, 0.2) is 48.5 Å². The number of benzene rings is 2. The first-order valence-corrected chi connectivity index (χ1v) is 11.6.